The van der Waals surface area contributed by atoms with Crippen LogP contribution in [0.1, 0.15) is 11.1 Å². The van der Waals surface area contributed by atoms with Gasteiger partial charge in [0.15, 0.2) is 5.58 Å². The zero-order chi connectivity index (χ0) is 42.3. The first-order valence-electron chi connectivity index (χ1n) is 22.4. The molecular formula is C61H36N2O2. The van der Waals surface area contributed by atoms with Crippen LogP contribution in [0.15, 0.2) is 215 Å². The van der Waals surface area contributed by atoms with E-state index in [0.29, 0.717) is 0 Å². The van der Waals surface area contributed by atoms with Gasteiger partial charge < -0.3 is 18.0 Å². The Kier molecular flexibility index (Phi) is 6.97. The van der Waals surface area contributed by atoms with Gasteiger partial charge in [-0.05, 0) is 112 Å². The molecule has 302 valence electrons. The molecule has 0 spiro atoms. The lowest BCUT2D eigenvalue weighted by Crippen LogP contribution is -1.94. The highest BCUT2D eigenvalue weighted by atomic mass is 16.3. The van der Waals surface area contributed by atoms with Gasteiger partial charge in [-0.3, -0.25) is 0 Å². The van der Waals surface area contributed by atoms with E-state index < -0.39 is 0 Å². The summed E-state index contributed by atoms with van der Waals surface area (Å²) in [6, 6.07) is 74.9. The minimum Gasteiger partial charge on any atom is -0.455 e. The predicted molar refractivity (Wildman–Crippen MR) is 269 cm³/mol. The van der Waals surface area contributed by atoms with Crippen LogP contribution in [0.25, 0.3) is 132 Å². The third kappa shape index (κ3) is 4.85. The Bertz CT molecular complexity index is 4340. The molecule has 4 aromatic heterocycles. The predicted octanol–water partition coefficient (Wildman–Crippen LogP) is 16.6. The number of hydrogen-bond acceptors (Lipinski definition) is 2. The summed E-state index contributed by atoms with van der Waals surface area (Å²) in [6.45, 7) is 0. The van der Waals surface area contributed by atoms with Crippen molar-refractivity contribution in [3.63, 3.8) is 0 Å². The maximum absolute atomic E-state index is 6.90. The molecule has 4 heterocycles. The molecule has 0 bridgehead atoms. The van der Waals surface area contributed by atoms with Gasteiger partial charge in [0, 0.05) is 54.3 Å². The van der Waals surface area contributed by atoms with E-state index in [1.165, 1.54) is 66.0 Å². The van der Waals surface area contributed by atoms with Gasteiger partial charge in [-0.25, -0.2) is 0 Å². The second-order valence-electron chi connectivity index (χ2n) is 17.6. The molecule has 1 aliphatic carbocycles. The van der Waals surface area contributed by atoms with Crippen LogP contribution in [0.5, 0.6) is 0 Å². The molecule has 0 radical (unpaired) electrons. The number of nitrogens with zero attached hydrogens (tertiary/aromatic N) is 2. The molecule has 0 unspecified atom stereocenters. The number of fused-ring (bicyclic) bond motifs is 15. The zero-order valence-corrected chi connectivity index (χ0v) is 35.0. The van der Waals surface area contributed by atoms with Crippen LogP contribution in [0.3, 0.4) is 0 Å². The van der Waals surface area contributed by atoms with Gasteiger partial charge in [-0.2, -0.15) is 0 Å². The van der Waals surface area contributed by atoms with Crippen LogP contribution in [0.2, 0.25) is 0 Å². The van der Waals surface area contributed by atoms with Gasteiger partial charge in [-0.15, -0.1) is 0 Å². The first kappa shape index (κ1) is 34.9. The Hall–Kier alpha value is -8.60. The molecule has 4 nitrogen and oxygen atoms in total. The quantitative estimate of drug-likeness (QED) is 0.177. The zero-order valence-electron chi connectivity index (χ0n) is 35.0. The minimum absolute atomic E-state index is 0.861. The van der Waals surface area contributed by atoms with Gasteiger partial charge in [0.05, 0.1) is 27.8 Å². The molecular weight excluding hydrogens is 793 g/mol. The van der Waals surface area contributed by atoms with E-state index in [4.69, 9.17) is 8.83 Å². The molecule has 0 saturated heterocycles. The Morgan fingerprint density at radius 3 is 1.71 bits per heavy atom. The molecule has 65 heavy (non-hydrogen) atoms. The topological polar surface area (TPSA) is 36.1 Å². The Balaban J connectivity index is 0.878. The Morgan fingerprint density at radius 2 is 0.877 bits per heavy atom. The van der Waals surface area contributed by atoms with E-state index in [0.717, 1.165) is 83.8 Å². The molecule has 10 aromatic carbocycles. The lowest BCUT2D eigenvalue weighted by molar-refractivity contribution is 0.666. The number of benzene rings is 10. The summed E-state index contributed by atoms with van der Waals surface area (Å²) in [4.78, 5) is 0. The summed E-state index contributed by atoms with van der Waals surface area (Å²) in [6.07, 6.45) is 0.959. The van der Waals surface area contributed by atoms with E-state index in [1.807, 2.05) is 12.1 Å². The maximum Gasteiger partial charge on any atom is 0.159 e. The molecule has 0 aliphatic heterocycles. The van der Waals surface area contributed by atoms with E-state index in [2.05, 4.69) is 203 Å². The Labute approximate surface area is 372 Å². The number of furan rings is 2. The smallest absolute Gasteiger partial charge is 0.159 e. The van der Waals surface area contributed by atoms with E-state index >= 15 is 0 Å². The third-order valence-electron chi connectivity index (χ3n) is 14.2. The van der Waals surface area contributed by atoms with Crippen molar-refractivity contribution in [3.05, 3.63) is 217 Å². The maximum atomic E-state index is 6.90. The van der Waals surface area contributed by atoms with Gasteiger partial charge in [0.25, 0.3) is 0 Å². The minimum atomic E-state index is 0.861. The highest BCUT2D eigenvalue weighted by Crippen LogP contribution is 2.45. The van der Waals surface area contributed by atoms with Crippen molar-refractivity contribution >= 4 is 87.5 Å². The second kappa shape index (κ2) is 13.0. The molecule has 0 N–H and O–H groups in total. The SMILES string of the molecule is c1ccc2c(c1)Cc1c(-c3ccc4c(c3)c3ccccc3n4-c3ccc4oc5c(-n6c7ccccc7c7cc(-c8cccc9c8oc8ccccc89)ccc76)cccc5c4c3)cccc1-2. The second-order valence-corrected chi connectivity index (χ2v) is 17.6. The van der Waals surface area contributed by atoms with Crippen molar-refractivity contribution < 1.29 is 8.83 Å². The number of rotatable bonds is 4. The fourth-order valence-electron chi connectivity index (χ4n) is 11.3. The van der Waals surface area contributed by atoms with Crippen LogP contribution in [-0.4, -0.2) is 9.13 Å². The molecule has 4 heteroatoms. The summed E-state index contributed by atoms with van der Waals surface area (Å²) in [5.74, 6) is 0. The first-order chi connectivity index (χ1) is 32.2. The molecule has 14 aromatic rings. The summed E-state index contributed by atoms with van der Waals surface area (Å²) in [7, 11) is 0. The fraction of sp³-hybridized carbons (Fsp3) is 0.0164. The van der Waals surface area contributed by atoms with E-state index in [9.17, 15) is 0 Å². The van der Waals surface area contributed by atoms with Gasteiger partial charge in [0.1, 0.15) is 16.7 Å². The lowest BCUT2D eigenvalue weighted by atomic mass is 9.95. The van der Waals surface area contributed by atoms with Crippen LogP contribution < -0.4 is 0 Å². The van der Waals surface area contributed by atoms with Crippen molar-refractivity contribution in [2.24, 2.45) is 0 Å². The average molecular weight is 829 g/mol. The fourth-order valence-corrected chi connectivity index (χ4v) is 11.3. The summed E-state index contributed by atoms with van der Waals surface area (Å²) >= 11 is 0. The van der Waals surface area contributed by atoms with Crippen molar-refractivity contribution in [2.45, 2.75) is 6.42 Å². The highest BCUT2D eigenvalue weighted by molar-refractivity contribution is 6.16. The summed E-state index contributed by atoms with van der Waals surface area (Å²) in [5, 5.41) is 9.28. The van der Waals surface area contributed by atoms with E-state index in [-0.39, 0.29) is 0 Å². The number of aromatic nitrogens is 2. The monoisotopic (exact) mass is 828 g/mol. The lowest BCUT2D eigenvalue weighted by Gasteiger charge is -2.11. The average Bonchev–Trinajstić information content (AvgIpc) is 4.18. The van der Waals surface area contributed by atoms with Crippen molar-refractivity contribution in [2.75, 3.05) is 0 Å². The highest BCUT2D eigenvalue weighted by Gasteiger charge is 2.24. The van der Waals surface area contributed by atoms with Gasteiger partial charge in [-0.1, -0.05) is 140 Å². The number of hydrogen-bond donors (Lipinski definition) is 0. The van der Waals surface area contributed by atoms with Gasteiger partial charge in [0.2, 0.25) is 0 Å². The normalized spacial score (nSPS) is 12.6. The van der Waals surface area contributed by atoms with Gasteiger partial charge >= 0.3 is 0 Å². The van der Waals surface area contributed by atoms with Crippen LogP contribution in [0.4, 0.5) is 0 Å². The first-order valence-corrected chi connectivity index (χ1v) is 22.4. The number of para-hydroxylation sites is 5. The summed E-state index contributed by atoms with van der Waals surface area (Å²) in [5.41, 5.74) is 20.6. The van der Waals surface area contributed by atoms with Crippen LogP contribution in [0, 0.1) is 0 Å². The molecule has 0 fully saturated rings. The van der Waals surface area contributed by atoms with E-state index in [1.54, 1.807) is 0 Å². The molecule has 0 amide bonds. The van der Waals surface area contributed by atoms with Crippen molar-refractivity contribution in [3.8, 4) is 44.8 Å². The standard InChI is InChI=1S/C61H36N2O2/c1-2-13-40-36(12-1)32-49-41(17-9-19-43(40)49)37-26-29-55-50(33-37)44-14-3-6-22-53(44)62(55)39-28-31-59-52(35-39)48-21-11-24-57(61(48)65-59)63-54-23-7-4-15-45(54)51-34-38(27-30-56(51)63)42-18-10-20-47-46-16-5-8-25-58(46)64-60(42)47/h1-31,33-35H,32H2. The molecule has 1 aliphatic rings. The molecule has 15 rings (SSSR count). The van der Waals surface area contributed by atoms with Crippen molar-refractivity contribution in [1.82, 2.24) is 9.13 Å². The van der Waals surface area contributed by atoms with Crippen molar-refractivity contribution in [1.29, 1.82) is 0 Å². The van der Waals surface area contributed by atoms with Crippen LogP contribution >= 0.6 is 0 Å². The third-order valence-corrected chi connectivity index (χ3v) is 14.2. The molecule has 0 atom stereocenters. The summed E-state index contributed by atoms with van der Waals surface area (Å²) < 4.78 is 18.2. The molecule has 0 saturated carbocycles. The Morgan fingerprint density at radius 1 is 0.323 bits per heavy atom. The van der Waals surface area contributed by atoms with Crippen LogP contribution in [-0.2, 0) is 6.42 Å². The largest absolute Gasteiger partial charge is 0.455 e.